The van der Waals surface area contributed by atoms with Crippen molar-refractivity contribution < 1.29 is 4.74 Å². The molecule has 0 bridgehead atoms. The van der Waals surface area contributed by atoms with Gasteiger partial charge in [0.1, 0.15) is 11.9 Å². The molecule has 0 radical (unpaired) electrons. The van der Waals surface area contributed by atoms with Crippen molar-refractivity contribution in [3.8, 4) is 0 Å². The smallest absolute Gasteiger partial charge is 0.251 e. The lowest BCUT2D eigenvalue weighted by atomic mass is 10.2. The van der Waals surface area contributed by atoms with Crippen molar-refractivity contribution >= 4 is 11.3 Å². The summed E-state index contributed by atoms with van der Waals surface area (Å²) in [6.07, 6.45) is -0.153. The Balaban J connectivity index is 1.71. The number of thiazole rings is 1. The Bertz CT molecular complexity index is 682. The molecule has 6 nitrogen and oxygen atoms in total. The Labute approximate surface area is 126 Å². The van der Waals surface area contributed by atoms with Crippen LogP contribution in [0.5, 0.6) is 0 Å². The quantitative estimate of drug-likeness (QED) is 0.928. The zero-order valence-electron chi connectivity index (χ0n) is 12.1. The van der Waals surface area contributed by atoms with E-state index in [4.69, 9.17) is 4.74 Å². The molecule has 2 aromatic rings. The fraction of sp³-hybridized carbons (Fsp3) is 0.500. The second-order valence-electron chi connectivity index (χ2n) is 5.21. The van der Waals surface area contributed by atoms with Gasteiger partial charge in [0.15, 0.2) is 0 Å². The van der Waals surface area contributed by atoms with Crippen LogP contribution in [0.15, 0.2) is 16.2 Å². The average Bonchev–Trinajstić information content (AvgIpc) is 2.83. The highest BCUT2D eigenvalue weighted by atomic mass is 32.1. The lowest BCUT2D eigenvalue weighted by Crippen LogP contribution is -2.38. The van der Waals surface area contributed by atoms with E-state index in [2.05, 4.69) is 25.2 Å². The van der Waals surface area contributed by atoms with Crippen molar-refractivity contribution in [1.29, 1.82) is 0 Å². The number of morpholine rings is 1. The van der Waals surface area contributed by atoms with E-state index < -0.39 is 0 Å². The average molecular weight is 306 g/mol. The molecular formula is C14H18N4O2S. The summed E-state index contributed by atoms with van der Waals surface area (Å²) >= 11 is 1.67. The highest BCUT2D eigenvalue weighted by molar-refractivity contribution is 7.09. The molecule has 1 aliphatic heterocycles. The summed E-state index contributed by atoms with van der Waals surface area (Å²) in [5.74, 6) is 0.619. The lowest BCUT2D eigenvalue weighted by Gasteiger charge is -2.32. The number of hydrogen-bond acceptors (Lipinski definition) is 6. The van der Waals surface area contributed by atoms with Crippen LogP contribution < -0.4 is 5.56 Å². The minimum atomic E-state index is -0.153. The molecule has 112 valence electrons. The van der Waals surface area contributed by atoms with Gasteiger partial charge in [0.2, 0.25) is 0 Å². The van der Waals surface area contributed by atoms with Crippen LogP contribution >= 0.6 is 11.3 Å². The van der Waals surface area contributed by atoms with Crippen LogP contribution in [-0.2, 0) is 11.3 Å². The molecule has 3 heterocycles. The lowest BCUT2D eigenvalue weighted by molar-refractivity contribution is -0.0354. The summed E-state index contributed by atoms with van der Waals surface area (Å²) in [7, 11) is 0. The summed E-state index contributed by atoms with van der Waals surface area (Å²) in [6, 6.07) is 1.52. The molecule has 0 aliphatic carbocycles. The third-order valence-corrected chi connectivity index (χ3v) is 4.23. The maximum atomic E-state index is 11.6. The second-order valence-corrected chi connectivity index (χ2v) is 6.27. The van der Waals surface area contributed by atoms with E-state index >= 15 is 0 Å². The minimum Gasteiger partial charge on any atom is -0.369 e. The van der Waals surface area contributed by atoms with Crippen LogP contribution in [0.4, 0.5) is 0 Å². The minimum absolute atomic E-state index is 0.131. The van der Waals surface area contributed by atoms with Crippen LogP contribution in [0, 0.1) is 13.8 Å². The van der Waals surface area contributed by atoms with Crippen LogP contribution in [0.1, 0.15) is 28.3 Å². The van der Waals surface area contributed by atoms with Gasteiger partial charge >= 0.3 is 0 Å². The van der Waals surface area contributed by atoms with Gasteiger partial charge in [-0.15, -0.1) is 11.3 Å². The number of aromatic nitrogens is 3. The highest BCUT2D eigenvalue weighted by Crippen LogP contribution is 2.21. The van der Waals surface area contributed by atoms with Gasteiger partial charge in [0, 0.05) is 31.1 Å². The van der Waals surface area contributed by atoms with Crippen molar-refractivity contribution in [3.05, 3.63) is 44.0 Å². The summed E-state index contributed by atoms with van der Waals surface area (Å²) in [5.41, 5.74) is 1.66. The fourth-order valence-corrected chi connectivity index (χ4v) is 3.11. The van der Waals surface area contributed by atoms with Gasteiger partial charge in [-0.3, -0.25) is 9.69 Å². The van der Waals surface area contributed by atoms with Gasteiger partial charge < -0.3 is 9.72 Å². The Kier molecular flexibility index (Phi) is 4.14. The zero-order chi connectivity index (χ0) is 14.8. The zero-order valence-corrected chi connectivity index (χ0v) is 12.9. The molecule has 2 aromatic heterocycles. The molecule has 0 aromatic carbocycles. The molecule has 21 heavy (non-hydrogen) atoms. The SMILES string of the molecule is Cc1nc([C@H]2CN(Cc3csc(C)n3)CCO2)cc(=O)[nH]1. The first-order valence-corrected chi connectivity index (χ1v) is 7.81. The molecule has 1 fully saturated rings. The van der Waals surface area contributed by atoms with Crippen molar-refractivity contribution in [2.24, 2.45) is 0 Å². The highest BCUT2D eigenvalue weighted by Gasteiger charge is 2.24. The van der Waals surface area contributed by atoms with Gasteiger partial charge in [-0.05, 0) is 13.8 Å². The van der Waals surface area contributed by atoms with Crippen molar-refractivity contribution in [2.75, 3.05) is 19.7 Å². The molecule has 1 saturated heterocycles. The standard InChI is InChI=1S/C14H18N4O2S/c1-9-15-12(5-14(19)16-9)13-7-18(3-4-20-13)6-11-8-21-10(2)17-11/h5,8,13H,3-4,6-7H2,1-2H3,(H,15,16,19)/t13-/m1/s1. The normalized spacial score (nSPS) is 19.8. The van der Waals surface area contributed by atoms with Gasteiger partial charge in [-0.1, -0.05) is 0 Å². The predicted molar refractivity (Wildman–Crippen MR) is 80.4 cm³/mol. The monoisotopic (exact) mass is 306 g/mol. The van der Waals surface area contributed by atoms with E-state index in [9.17, 15) is 4.79 Å². The van der Waals surface area contributed by atoms with Crippen molar-refractivity contribution in [2.45, 2.75) is 26.5 Å². The predicted octanol–water partition coefficient (Wildman–Crippen LogP) is 1.42. The second kappa shape index (κ2) is 6.05. The summed E-state index contributed by atoms with van der Waals surface area (Å²) < 4.78 is 5.77. The van der Waals surface area contributed by atoms with Crippen LogP contribution in [-0.4, -0.2) is 39.5 Å². The van der Waals surface area contributed by atoms with Gasteiger partial charge in [-0.25, -0.2) is 9.97 Å². The number of nitrogens with one attached hydrogen (secondary N) is 1. The molecule has 1 atom stereocenters. The molecule has 7 heteroatoms. The Hall–Kier alpha value is -1.57. The van der Waals surface area contributed by atoms with E-state index in [1.807, 2.05) is 6.92 Å². The molecule has 0 saturated carbocycles. The summed E-state index contributed by atoms with van der Waals surface area (Å²) in [6.45, 7) is 6.85. The first kappa shape index (κ1) is 14.4. The Morgan fingerprint density at radius 2 is 2.33 bits per heavy atom. The Morgan fingerprint density at radius 3 is 3.05 bits per heavy atom. The van der Waals surface area contributed by atoms with Gasteiger partial charge in [-0.2, -0.15) is 0 Å². The molecule has 0 unspecified atom stereocenters. The number of hydrogen-bond donors (Lipinski definition) is 1. The number of H-pyrrole nitrogens is 1. The topological polar surface area (TPSA) is 71.1 Å². The third-order valence-electron chi connectivity index (χ3n) is 3.41. The maximum Gasteiger partial charge on any atom is 0.251 e. The van der Waals surface area contributed by atoms with E-state index in [0.29, 0.717) is 18.1 Å². The largest absolute Gasteiger partial charge is 0.369 e. The molecule has 0 spiro atoms. The molecule has 3 rings (SSSR count). The van der Waals surface area contributed by atoms with Crippen molar-refractivity contribution in [3.63, 3.8) is 0 Å². The molecule has 0 amide bonds. The molecule has 1 N–H and O–H groups in total. The summed E-state index contributed by atoms with van der Waals surface area (Å²) in [4.78, 5) is 25.4. The van der Waals surface area contributed by atoms with E-state index in [-0.39, 0.29) is 11.7 Å². The number of nitrogens with zero attached hydrogens (tertiary/aromatic N) is 3. The first-order chi connectivity index (χ1) is 10.1. The third kappa shape index (κ3) is 3.55. The maximum absolute atomic E-state index is 11.6. The van der Waals surface area contributed by atoms with Crippen LogP contribution in [0.3, 0.4) is 0 Å². The Morgan fingerprint density at radius 1 is 1.48 bits per heavy atom. The van der Waals surface area contributed by atoms with Gasteiger partial charge in [0.25, 0.3) is 5.56 Å². The van der Waals surface area contributed by atoms with Crippen molar-refractivity contribution in [1.82, 2.24) is 19.9 Å². The summed E-state index contributed by atoms with van der Waals surface area (Å²) in [5, 5.41) is 3.18. The van der Waals surface area contributed by atoms with Crippen LogP contribution in [0.2, 0.25) is 0 Å². The van der Waals surface area contributed by atoms with Crippen LogP contribution in [0.25, 0.3) is 0 Å². The number of aromatic amines is 1. The fourth-order valence-electron chi connectivity index (χ4n) is 2.50. The molecule has 1 aliphatic rings. The number of rotatable bonds is 3. The van der Waals surface area contributed by atoms with Gasteiger partial charge in [0.05, 0.1) is 23.0 Å². The van der Waals surface area contributed by atoms with E-state index in [1.54, 1.807) is 18.3 Å². The van der Waals surface area contributed by atoms with E-state index in [0.717, 1.165) is 30.3 Å². The number of ether oxygens (including phenoxy) is 1. The first-order valence-electron chi connectivity index (χ1n) is 6.93. The van der Waals surface area contributed by atoms with E-state index in [1.165, 1.54) is 6.07 Å². The number of aryl methyl sites for hydroxylation is 2. The molecular weight excluding hydrogens is 288 g/mol.